The standard InChI is InChI=1S/C15H24N4O2.ClH/c1-3-15(17,4-2)10-19-13(20)12-7-5-11(6-8-12)9-18-14(16)21;/h5-8H,3-4,9-10,17H2,1-2H3,(H,19,20)(H3,16,18,21);1H. The van der Waals surface area contributed by atoms with Gasteiger partial charge in [-0.3, -0.25) is 4.79 Å². The van der Waals surface area contributed by atoms with Gasteiger partial charge in [0.15, 0.2) is 0 Å². The zero-order valence-corrected chi connectivity index (χ0v) is 13.8. The molecule has 0 atom stereocenters. The van der Waals surface area contributed by atoms with E-state index < -0.39 is 6.03 Å². The van der Waals surface area contributed by atoms with Gasteiger partial charge in [-0.25, -0.2) is 4.79 Å². The topological polar surface area (TPSA) is 110 Å². The molecule has 7 heteroatoms. The van der Waals surface area contributed by atoms with E-state index in [1.165, 1.54) is 0 Å². The van der Waals surface area contributed by atoms with Crippen molar-refractivity contribution < 1.29 is 9.59 Å². The van der Waals surface area contributed by atoms with Crippen molar-refractivity contribution in [3.05, 3.63) is 35.4 Å². The van der Waals surface area contributed by atoms with Gasteiger partial charge >= 0.3 is 6.03 Å². The van der Waals surface area contributed by atoms with Crippen molar-refractivity contribution in [3.8, 4) is 0 Å². The Morgan fingerprint density at radius 1 is 1.09 bits per heavy atom. The summed E-state index contributed by atoms with van der Waals surface area (Å²) in [6.45, 7) is 4.81. The number of nitrogens with two attached hydrogens (primary N) is 2. The molecule has 1 rings (SSSR count). The van der Waals surface area contributed by atoms with Gasteiger partial charge < -0.3 is 22.1 Å². The van der Waals surface area contributed by atoms with Crippen molar-refractivity contribution in [3.63, 3.8) is 0 Å². The molecule has 0 aliphatic rings. The lowest BCUT2D eigenvalue weighted by Crippen LogP contribution is -2.49. The fraction of sp³-hybridized carbons (Fsp3) is 0.467. The van der Waals surface area contributed by atoms with Crippen LogP contribution in [0.25, 0.3) is 0 Å². The summed E-state index contributed by atoms with van der Waals surface area (Å²) in [6, 6.07) is 6.41. The second-order valence-electron chi connectivity index (χ2n) is 5.17. The Hall–Kier alpha value is -1.79. The smallest absolute Gasteiger partial charge is 0.312 e. The van der Waals surface area contributed by atoms with E-state index in [1.807, 2.05) is 13.8 Å². The second kappa shape index (κ2) is 9.27. The van der Waals surface area contributed by atoms with Crippen molar-refractivity contribution in [2.45, 2.75) is 38.8 Å². The van der Waals surface area contributed by atoms with Crippen molar-refractivity contribution in [2.24, 2.45) is 11.5 Å². The molecule has 0 unspecified atom stereocenters. The fourth-order valence-corrected chi connectivity index (χ4v) is 1.82. The van der Waals surface area contributed by atoms with Crippen LogP contribution in [0, 0.1) is 0 Å². The van der Waals surface area contributed by atoms with Crippen LogP contribution in [0.15, 0.2) is 24.3 Å². The molecule has 22 heavy (non-hydrogen) atoms. The summed E-state index contributed by atoms with van der Waals surface area (Å²) < 4.78 is 0. The molecule has 0 fully saturated rings. The summed E-state index contributed by atoms with van der Waals surface area (Å²) in [7, 11) is 0. The maximum absolute atomic E-state index is 12.0. The monoisotopic (exact) mass is 328 g/mol. The third-order valence-electron chi connectivity index (χ3n) is 3.69. The van der Waals surface area contributed by atoms with Crippen molar-refractivity contribution in [1.82, 2.24) is 10.6 Å². The van der Waals surface area contributed by atoms with Gasteiger partial charge in [0.1, 0.15) is 0 Å². The predicted octanol–water partition coefficient (Wildman–Crippen LogP) is 1.52. The first kappa shape index (κ1) is 20.2. The van der Waals surface area contributed by atoms with Crippen molar-refractivity contribution >= 4 is 24.3 Å². The van der Waals surface area contributed by atoms with Crippen LogP contribution >= 0.6 is 12.4 Å². The SMILES string of the molecule is CCC(N)(CC)CNC(=O)c1ccc(CNC(N)=O)cc1.Cl. The van der Waals surface area contributed by atoms with E-state index in [0.717, 1.165) is 18.4 Å². The second-order valence-corrected chi connectivity index (χ2v) is 5.17. The molecule has 0 aliphatic carbocycles. The number of nitrogens with one attached hydrogen (secondary N) is 2. The number of halogens is 1. The average molecular weight is 329 g/mol. The van der Waals surface area contributed by atoms with Gasteiger partial charge in [-0.1, -0.05) is 26.0 Å². The van der Waals surface area contributed by atoms with Crippen LogP contribution in [0.5, 0.6) is 0 Å². The number of benzene rings is 1. The molecule has 0 spiro atoms. The fourth-order valence-electron chi connectivity index (χ4n) is 1.82. The number of urea groups is 1. The highest BCUT2D eigenvalue weighted by atomic mass is 35.5. The Bertz CT molecular complexity index is 487. The Labute approximate surface area is 137 Å². The number of hydrogen-bond donors (Lipinski definition) is 4. The Morgan fingerprint density at radius 3 is 2.09 bits per heavy atom. The first-order chi connectivity index (χ1) is 9.90. The first-order valence-corrected chi connectivity index (χ1v) is 7.09. The van der Waals surface area contributed by atoms with Crippen LogP contribution in [-0.2, 0) is 6.54 Å². The molecule has 0 radical (unpaired) electrons. The largest absolute Gasteiger partial charge is 0.352 e. The van der Waals surface area contributed by atoms with E-state index in [2.05, 4.69) is 10.6 Å². The molecule has 124 valence electrons. The molecular weight excluding hydrogens is 304 g/mol. The summed E-state index contributed by atoms with van der Waals surface area (Å²) in [6.07, 6.45) is 1.61. The highest BCUT2D eigenvalue weighted by Gasteiger charge is 2.21. The summed E-state index contributed by atoms with van der Waals surface area (Å²) >= 11 is 0. The van der Waals surface area contributed by atoms with Crippen LogP contribution in [0.4, 0.5) is 4.79 Å². The van der Waals surface area contributed by atoms with Crippen molar-refractivity contribution in [1.29, 1.82) is 0 Å². The quantitative estimate of drug-likeness (QED) is 0.609. The number of carbonyl (C=O) groups is 2. The van der Waals surface area contributed by atoms with E-state index in [4.69, 9.17) is 11.5 Å². The van der Waals surface area contributed by atoms with E-state index >= 15 is 0 Å². The van der Waals surface area contributed by atoms with Gasteiger partial charge in [0.25, 0.3) is 5.91 Å². The molecule has 0 saturated carbocycles. The molecule has 0 saturated heterocycles. The minimum atomic E-state index is -0.574. The number of amides is 3. The van der Waals surface area contributed by atoms with Crippen LogP contribution in [0.3, 0.4) is 0 Å². The molecule has 6 N–H and O–H groups in total. The van der Waals surface area contributed by atoms with Gasteiger partial charge in [-0.05, 0) is 30.5 Å². The number of primary amides is 1. The molecule has 3 amide bonds. The third kappa shape index (κ3) is 6.32. The van der Waals surface area contributed by atoms with Gasteiger partial charge in [-0.15, -0.1) is 12.4 Å². The Morgan fingerprint density at radius 2 is 1.64 bits per heavy atom. The van der Waals surface area contributed by atoms with Gasteiger partial charge in [0.05, 0.1) is 0 Å². The Kier molecular flexibility index (Phi) is 8.52. The number of rotatable bonds is 7. The molecule has 0 heterocycles. The van der Waals surface area contributed by atoms with E-state index in [0.29, 0.717) is 18.7 Å². The van der Waals surface area contributed by atoms with Crippen LogP contribution in [-0.4, -0.2) is 24.0 Å². The lowest BCUT2D eigenvalue weighted by Gasteiger charge is -2.26. The number of carbonyl (C=O) groups excluding carboxylic acids is 2. The van der Waals surface area contributed by atoms with E-state index in [-0.39, 0.29) is 23.9 Å². The molecule has 0 aromatic heterocycles. The minimum Gasteiger partial charge on any atom is -0.352 e. The van der Waals surface area contributed by atoms with Gasteiger partial charge in [0, 0.05) is 24.2 Å². The highest BCUT2D eigenvalue weighted by molar-refractivity contribution is 5.94. The summed E-state index contributed by atoms with van der Waals surface area (Å²) in [5.41, 5.74) is 12.2. The van der Waals surface area contributed by atoms with E-state index in [1.54, 1.807) is 24.3 Å². The summed E-state index contributed by atoms with van der Waals surface area (Å²) in [5.74, 6) is -0.152. The van der Waals surface area contributed by atoms with Gasteiger partial charge in [-0.2, -0.15) is 0 Å². The Balaban J connectivity index is 0.00000441. The number of hydrogen-bond acceptors (Lipinski definition) is 3. The van der Waals surface area contributed by atoms with Crippen LogP contribution in [0.2, 0.25) is 0 Å². The average Bonchev–Trinajstić information content (AvgIpc) is 2.50. The maximum Gasteiger partial charge on any atom is 0.312 e. The summed E-state index contributed by atoms with van der Waals surface area (Å²) in [4.78, 5) is 22.7. The molecule has 1 aromatic rings. The molecular formula is C15H25ClN4O2. The highest BCUT2D eigenvalue weighted by Crippen LogP contribution is 2.10. The zero-order chi connectivity index (χ0) is 15.9. The molecule has 0 bridgehead atoms. The lowest BCUT2D eigenvalue weighted by molar-refractivity contribution is 0.0942. The zero-order valence-electron chi connectivity index (χ0n) is 13.0. The normalized spacial score (nSPS) is 10.5. The molecule has 6 nitrogen and oxygen atoms in total. The lowest BCUT2D eigenvalue weighted by atomic mass is 9.94. The third-order valence-corrected chi connectivity index (χ3v) is 3.69. The van der Waals surface area contributed by atoms with Gasteiger partial charge in [0.2, 0.25) is 0 Å². The maximum atomic E-state index is 12.0. The predicted molar refractivity (Wildman–Crippen MR) is 89.9 cm³/mol. The van der Waals surface area contributed by atoms with Crippen LogP contribution in [0.1, 0.15) is 42.6 Å². The van der Waals surface area contributed by atoms with E-state index in [9.17, 15) is 9.59 Å². The minimum absolute atomic E-state index is 0. The molecule has 0 aliphatic heterocycles. The van der Waals surface area contributed by atoms with Crippen LogP contribution < -0.4 is 22.1 Å². The molecule has 1 aromatic carbocycles. The van der Waals surface area contributed by atoms with Crippen molar-refractivity contribution in [2.75, 3.05) is 6.54 Å². The summed E-state index contributed by atoms with van der Waals surface area (Å²) in [5, 5.41) is 5.35. The first-order valence-electron chi connectivity index (χ1n) is 7.09.